The van der Waals surface area contributed by atoms with E-state index >= 15 is 0 Å². The van der Waals surface area contributed by atoms with Gasteiger partial charge in [0.15, 0.2) is 11.4 Å². The molecule has 1 aromatic carbocycles. The number of rotatable bonds is 5. The number of anilines is 1. The summed E-state index contributed by atoms with van der Waals surface area (Å²) in [4.78, 5) is 12.6. The van der Waals surface area contributed by atoms with Crippen molar-refractivity contribution in [3.05, 3.63) is 46.6 Å². The molecule has 1 aliphatic rings. The van der Waals surface area contributed by atoms with Gasteiger partial charge >= 0.3 is 0 Å². The van der Waals surface area contributed by atoms with Crippen LogP contribution in [-0.2, 0) is 15.1 Å². The third-order valence-corrected chi connectivity index (χ3v) is 4.54. The Kier molecular flexibility index (Phi) is 4.89. The van der Waals surface area contributed by atoms with Crippen molar-refractivity contribution < 1.29 is 14.6 Å². The largest absolute Gasteiger partial charge is 0.375 e. The number of H-pyrrole nitrogens is 1. The number of halogens is 1. The Morgan fingerprint density at radius 1 is 1.54 bits per heavy atom. The lowest BCUT2D eigenvalue weighted by molar-refractivity contribution is -0.135. The van der Waals surface area contributed by atoms with Gasteiger partial charge in [-0.25, -0.2) is 0 Å². The fourth-order valence-electron chi connectivity index (χ4n) is 2.85. The van der Waals surface area contributed by atoms with Crippen molar-refractivity contribution in [1.82, 2.24) is 10.2 Å². The van der Waals surface area contributed by atoms with E-state index in [0.717, 1.165) is 25.1 Å². The molecule has 0 spiro atoms. The molecule has 1 amide bonds. The molecule has 1 saturated heterocycles. The summed E-state index contributed by atoms with van der Waals surface area (Å²) in [6.07, 6.45) is 2.13. The van der Waals surface area contributed by atoms with Crippen molar-refractivity contribution in [2.75, 3.05) is 11.9 Å². The molecule has 1 aromatic heterocycles. The van der Waals surface area contributed by atoms with Gasteiger partial charge in [0.2, 0.25) is 0 Å². The van der Waals surface area contributed by atoms with Crippen LogP contribution in [0.4, 0.5) is 5.82 Å². The van der Waals surface area contributed by atoms with Gasteiger partial charge in [-0.2, -0.15) is 5.10 Å². The molecular formula is C17H20ClN3O3. The van der Waals surface area contributed by atoms with E-state index in [9.17, 15) is 9.90 Å². The molecule has 0 unspecified atom stereocenters. The van der Waals surface area contributed by atoms with E-state index in [2.05, 4.69) is 15.5 Å². The van der Waals surface area contributed by atoms with Gasteiger partial charge in [-0.3, -0.25) is 9.89 Å². The van der Waals surface area contributed by atoms with Crippen LogP contribution in [0.5, 0.6) is 0 Å². The summed E-state index contributed by atoms with van der Waals surface area (Å²) in [6, 6.07) is 8.41. The van der Waals surface area contributed by atoms with E-state index in [1.54, 1.807) is 37.3 Å². The quantitative estimate of drug-likeness (QED) is 0.773. The zero-order valence-electron chi connectivity index (χ0n) is 13.4. The van der Waals surface area contributed by atoms with E-state index in [1.807, 2.05) is 0 Å². The van der Waals surface area contributed by atoms with Gasteiger partial charge in [0.05, 0.1) is 11.8 Å². The van der Waals surface area contributed by atoms with Crippen LogP contribution in [-0.4, -0.2) is 27.8 Å². The van der Waals surface area contributed by atoms with Gasteiger partial charge in [-0.1, -0.05) is 30.7 Å². The van der Waals surface area contributed by atoms with Crippen molar-refractivity contribution in [2.24, 2.45) is 0 Å². The van der Waals surface area contributed by atoms with E-state index in [4.69, 9.17) is 16.3 Å². The summed E-state index contributed by atoms with van der Waals surface area (Å²) >= 11 is 5.97. The number of aliphatic hydroxyl groups is 1. The zero-order chi connectivity index (χ0) is 17.2. The fraction of sp³-hybridized carbons (Fsp3) is 0.412. The van der Waals surface area contributed by atoms with Crippen molar-refractivity contribution in [3.63, 3.8) is 0 Å². The molecule has 0 radical (unpaired) electrons. The minimum Gasteiger partial charge on any atom is -0.375 e. The molecule has 0 bridgehead atoms. The average Bonchev–Trinajstić information content (AvgIpc) is 3.25. The number of carbonyl (C=O) groups excluding carboxylic acids is 1. The number of nitrogens with zero attached hydrogens (tertiary/aromatic N) is 1. The first-order valence-electron chi connectivity index (χ1n) is 7.99. The highest BCUT2D eigenvalue weighted by molar-refractivity contribution is 6.30. The molecule has 2 aromatic rings. The third-order valence-electron chi connectivity index (χ3n) is 4.31. The van der Waals surface area contributed by atoms with Gasteiger partial charge in [-0.15, -0.1) is 0 Å². The van der Waals surface area contributed by atoms with E-state index in [-0.39, 0.29) is 12.5 Å². The normalized spacial score (nSPS) is 19.9. The monoisotopic (exact) mass is 349 g/mol. The molecule has 24 heavy (non-hydrogen) atoms. The first-order valence-corrected chi connectivity index (χ1v) is 8.37. The highest BCUT2D eigenvalue weighted by Crippen LogP contribution is 2.30. The maximum absolute atomic E-state index is 12.6. The lowest BCUT2D eigenvalue weighted by atomic mass is 9.90. The first kappa shape index (κ1) is 17.0. The van der Waals surface area contributed by atoms with Crippen LogP contribution in [0.25, 0.3) is 0 Å². The van der Waals surface area contributed by atoms with Crippen LogP contribution in [0, 0.1) is 0 Å². The number of amides is 1. The van der Waals surface area contributed by atoms with E-state index in [1.165, 1.54) is 0 Å². The summed E-state index contributed by atoms with van der Waals surface area (Å²) < 4.78 is 5.58. The Labute approximate surface area is 145 Å². The number of aromatic nitrogens is 2. The predicted octanol–water partition coefficient (Wildman–Crippen LogP) is 3.15. The lowest BCUT2D eigenvalue weighted by Gasteiger charge is -2.25. The van der Waals surface area contributed by atoms with Crippen LogP contribution in [0.3, 0.4) is 0 Å². The van der Waals surface area contributed by atoms with Crippen molar-refractivity contribution in [1.29, 1.82) is 0 Å². The van der Waals surface area contributed by atoms with Gasteiger partial charge in [-0.05, 0) is 37.0 Å². The molecule has 2 heterocycles. The zero-order valence-corrected chi connectivity index (χ0v) is 14.1. The molecule has 1 aliphatic heterocycles. The summed E-state index contributed by atoms with van der Waals surface area (Å²) in [5, 5.41) is 20.9. The van der Waals surface area contributed by atoms with Crippen LogP contribution >= 0.6 is 11.6 Å². The standard InChI is InChI=1S/C17H20ClN3O3/c1-2-17(23,11-5-3-6-12(18)9-11)16(22)19-15-10-13(20-21-15)14-7-4-8-24-14/h3,5-6,9-10,14,23H,2,4,7-8H2,1H3,(H2,19,20,21,22)/t14-,17+/m0/s1. The Morgan fingerprint density at radius 3 is 3.04 bits per heavy atom. The molecule has 7 heteroatoms. The number of carbonyl (C=O) groups is 1. The van der Waals surface area contributed by atoms with Gasteiger partial charge < -0.3 is 15.2 Å². The number of nitrogens with one attached hydrogen (secondary N) is 2. The minimum absolute atomic E-state index is 0.0128. The smallest absolute Gasteiger partial charge is 0.262 e. The second-order valence-electron chi connectivity index (χ2n) is 5.89. The van der Waals surface area contributed by atoms with Gasteiger partial charge in [0.25, 0.3) is 5.91 Å². The first-order chi connectivity index (χ1) is 11.5. The SMILES string of the molecule is CC[C@](O)(C(=O)Nc1cc([C@@H]2CCCO2)[nH]n1)c1cccc(Cl)c1. The molecular weight excluding hydrogens is 330 g/mol. The number of hydrogen-bond donors (Lipinski definition) is 3. The topological polar surface area (TPSA) is 87.2 Å². The van der Waals surface area contributed by atoms with Crippen LogP contribution < -0.4 is 5.32 Å². The third kappa shape index (κ3) is 3.31. The van der Waals surface area contributed by atoms with E-state index < -0.39 is 11.5 Å². The maximum Gasteiger partial charge on any atom is 0.262 e. The predicted molar refractivity (Wildman–Crippen MR) is 90.8 cm³/mol. The highest BCUT2D eigenvalue weighted by atomic mass is 35.5. The Hall–Kier alpha value is -1.89. The lowest BCUT2D eigenvalue weighted by Crippen LogP contribution is -2.39. The fourth-order valence-corrected chi connectivity index (χ4v) is 3.04. The molecule has 1 fully saturated rings. The van der Waals surface area contributed by atoms with Crippen LogP contribution in [0.1, 0.15) is 43.5 Å². The maximum atomic E-state index is 12.6. The Balaban J connectivity index is 1.77. The van der Waals surface area contributed by atoms with Crippen LogP contribution in [0.15, 0.2) is 30.3 Å². The summed E-state index contributed by atoms with van der Waals surface area (Å²) in [7, 11) is 0. The van der Waals surface area contributed by atoms with Crippen molar-refractivity contribution in [2.45, 2.75) is 37.9 Å². The van der Waals surface area contributed by atoms with Gasteiger partial charge in [0.1, 0.15) is 0 Å². The molecule has 3 N–H and O–H groups in total. The Morgan fingerprint density at radius 2 is 2.38 bits per heavy atom. The summed E-state index contributed by atoms with van der Waals surface area (Å²) in [5.41, 5.74) is -0.399. The average molecular weight is 350 g/mol. The number of aromatic amines is 1. The molecule has 0 saturated carbocycles. The molecule has 0 aliphatic carbocycles. The van der Waals surface area contributed by atoms with Crippen molar-refractivity contribution >= 4 is 23.3 Å². The number of ether oxygens (including phenoxy) is 1. The van der Waals surface area contributed by atoms with Gasteiger partial charge in [0, 0.05) is 17.7 Å². The molecule has 128 valence electrons. The molecule has 2 atom stereocenters. The number of hydrogen-bond acceptors (Lipinski definition) is 4. The Bertz CT molecular complexity index is 727. The summed E-state index contributed by atoms with van der Waals surface area (Å²) in [6.45, 7) is 2.47. The minimum atomic E-state index is -1.67. The second-order valence-corrected chi connectivity index (χ2v) is 6.32. The molecule has 3 rings (SSSR count). The van der Waals surface area contributed by atoms with E-state index in [0.29, 0.717) is 16.4 Å². The van der Waals surface area contributed by atoms with Crippen LogP contribution in [0.2, 0.25) is 5.02 Å². The number of benzene rings is 1. The van der Waals surface area contributed by atoms with Crippen molar-refractivity contribution in [3.8, 4) is 0 Å². The highest BCUT2D eigenvalue weighted by Gasteiger charge is 2.36. The molecule has 6 nitrogen and oxygen atoms in total. The summed E-state index contributed by atoms with van der Waals surface area (Å²) in [5.74, 6) is -0.183. The second kappa shape index (κ2) is 6.93.